The van der Waals surface area contributed by atoms with E-state index < -0.39 is 0 Å². The van der Waals surface area contributed by atoms with Gasteiger partial charge in [0.2, 0.25) is 0 Å². The van der Waals surface area contributed by atoms with Gasteiger partial charge >= 0.3 is 0 Å². The fourth-order valence-corrected chi connectivity index (χ4v) is 7.11. The summed E-state index contributed by atoms with van der Waals surface area (Å²) in [6, 6.07) is 0.574. The summed E-state index contributed by atoms with van der Waals surface area (Å²) in [5.74, 6) is 3.46. The van der Waals surface area contributed by atoms with Gasteiger partial charge in [-0.15, -0.1) is 0 Å². The van der Waals surface area contributed by atoms with Crippen molar-refractivity contribution in [1.29, 1.82) is 0 Å². The van der Waals surface area contributed by atoms with E-state index in [1.807, 2.05) is 0 Å². The number of hydrogen-bond donors (Lipinski definition) is 3. The molecule has 0 aromatic rings. The molecular formula is C21H34N2O. The lowest BCUT2D eigenvalue weighted by Crippen LogP contribution is -2.60. The van der Waals surface area contributed by atoms with Crippen LogP contribution in [0.25, 0.3) is 0 Å². The minimum absolute atomic E-state index is 0.334. The van der Waals surface area contributed by atoms with Gasteiger partial charge in [0.05, 0.1) is 5.76 Å². The number of fused-ring (bicyclic) bond motifs is 5. The molecule has 2 saturated carbocycles. The lowest BCUT2D eigenvalue weighted by molar-refractivity contribution is -0.0954. The Balaban J connectivity index is 1.71. The van der Waals surface area contributed by atoms with Crippen molar-refractivity contribution in [3.63, 3.8) is 0 Å². The molecule has 0 amide bonds. The average Bonchev–Trinajstić information content (AvgIpc) is 2.91. The summed E-state index contributed by atoms with van der Waals surface area (Å²) in [5, 5.41) is 17.3. The fraction of sp³-hybridized carbons (Fsp3) is 0.810. The Morgan fingerprint density at radius 3 is 2.67 bits per heavy atom. The fourth-order valence-electron chi connectivity index (χ4n) is 7.11. The van der Waals surface area contributed by atoms with E-state index in [4.69, 9.17) is 0 Å². The van der Waals surface area contributed by atoms with Crippen LogP contribution < -0.4 is 10.6 Å². The Morgan fingerprint density at radius 2 is 1.96 bits per heavy atom. The molecule has 0 heterocycles. The molecule has 2 fully saturated rings. The van der Waals surface area contributed by atoms with E-state index in [0.717, 1.165) is 30.6 Å². The van der Waals surface area contributed by atoms with Gasteiger partial charge in [-0.1, -0.05) is 19.9 Å². The molecule has 0 unspecified atom stereocenters. The van der Waals surface area contributed by atoms with Gasteiger partial charge in [0.25, 0.3) is 0 Å². The van der Waals surface area contributed by atoms with E-state index in [1.165, 1.54) is 31.4 Å². The molecule has 0 aromatic carbocycles. The maximum Gasteiger partial charge on any atom is 0.0886 e. The van der Waals surface area contributed by atoms with Gasteiger partial charge in [-0.2, -0.15) is 0 Å². The zero-order valence-corrected chi connectivity index (χ0v) is 15.7. The molecule has 4 aliphatic rings. The van der Waals surface area contributed by atoms with Crippen molar-refractivity contribution >= 4 is 0 Å². The van der Waals surface area contributed by atoms with Crippen LogP contribution in [0.5, 0.6) is 0 Å². The standard InChI is InChI=1S/C21H34N2O/c1-20-9-7-14(24)11-13(20)12-17(22-3)19-15-5-6-18(23-4)21(15,2)10-8-16(19)20/h6,11,13,15-17,19,22-24H,5,7-10,12H2,1-4H3/t13-,15-,16-,17-,19-,20-,21-/m0/s1. The van der Waals surface area contributed by atoms with E-state index in [2.05, 4.69) is 50.7 Å². The Hall–Kier alpha value is -0.960. The van der Waals surface area contributed by atoms with Crippen LogP contribution in [0.1, 0.15) is 52.4 Å². The van der Waals surface area contributed by atoms with E-state index in [-0.39, 0.29) is 0 Å². The molecular weight excluding hydrogens is 296 g/mol. The number of rotatable bonds is 2. The van der Waals surface area contributed by atoms with Gasteiger partial charge in [-0.3, -0.25) is 0 Å². The molecule has 0 radical (unpaired) electrons. The first-order valence-corrected chi connectivity index (χ1v) is 9.89. The summed E-state index contributed by atoms with van der Waals surface area (Å²) in [6.45, 7) is 5.02. The second-order valence-corrected chi connectivity index (χ2v) is 9.25. The molecule has 3 nitrogen and oxygen atoms in total. The number of hydrogen-bond acceptors (Lipinski definition) is 3. The van der Waals surface area contributed by atoms with Crippen LogP contribution >= 0.6 is 0 Å². The number of allylic oxidation sites excluding steroid dienone is 4. The van der Waals surface area contributed by atoms with Crippen molar-refractivity contribution in [3.8, 4) is 0 Å². The zero-order chi connectivity index (χ0) is 17.1. The van der Waals surface area contributed by atoms with E-state index in [1.54, 1.807) is 0 Å². The van der Waals surface area contributed by atoms with E-state index >= 15 is 0 Å². The first-order chi connectivity index (χ1) is 11.4. The lowest BCUT2D eigenvalue weighted by Gasteiger charge is -2.61. The van der Waals surface area contributed by atoms with Crippen LogP contribution in [-0.2, 0) is 0 Å². The van der Waals surface area contributed by atoms with Gasteiger partial charge < -0.3 is 15.7 Å². The number of aliphatic hydroxyl groups is 1. The molecule has 7 atom stereocenters. The van der Waals surface area contributed by atoms with Gasteiger partial charge in [0.15, 0.2) is 0 Å². The quantitative estimate of drug-likeness (QED) is 0.717. The highest BCUT2D eigenvalue weighted by atomic mass is 16.3. The molecule has 0 aromatic heterocycles. The summed E-state index contributed by atoms with van der Waals surface area (Å²) < 4.78 is 0. The maximum absolute atomic E-state index is 10.1. The van der Waals surface area contributed by atoms with Crippen molar-refractivity contribution in [2.24, 2.45) is 34.5 Å². The Labute approximate surface area is 147 Å². The van der Waals surface area contributed by atoms with Crippen molar-refractivity contribution in [2.45, 2.75) is 58.4 Å². The minimum atomic E-state index is 0.334. The van der Waals surface area contributed by atoms with Crippen LogP contribution in [0.4, 0.5) is 0 Å². The summed E-state index contributed by atoms with van der Waals surface area (Å²) in [5.41, 5.74) is 2.18. The van der Waals surface area contributed by atoms with Gasteiger partial charge in [-0.25, -0.2) is 0 Å². The van der Waals surface area contributed by atoms with Crippen LogP contribution in [0.3, 0.4) is 0 Å². The first kappa shape index (κ1) is 16.5. The molecule has 0 aliphatic heterocycles. The average molecular weight is 331 g/mol. The first-order valence-electron chi connectivity index (χ1n) is 9.89. The largest absolute Gasteiger partial charge is 0.513 e. The van der Waals surface area contributed by atoms with Crippen molar-refractivity contribution < 1.29 is 5.11 Å². The Morgan fingerprint density at radius 1 is 1.17 bits per heavy atom. The molecule has 134 valence electrons. The molecule has 3 heteroatoms. The van der Waals surface area contributed by atoms with Crippen molar-refractivity contribution in [1.82, 2.24) is 10.6 Å². The highest BCUT2D eigenvalue weighted by Crippen LogP contribution is 2.65. The summed E-state index contributed by atoms with van der Waals surface area (Å²) in [6.07, 6.45) is 11.8. The third-order valence-electron chi connectivity index (χ3n) is 8.53. The van der Waals surface area contributed by atoms with Crippen LogP contribution in [-0.4, -0.2) is 25.2 Å². The Kier molecular flexibility index (Phi) is 3.80. The van der Waals surface area contributed by atoms with Crippen molar-refractivity contribution in [3.05, 3.63) is 23.6 Å². The third kappa shape index (κ3) is 2.06. The normalized spacial score (nSPS) is 50.2. The molecule has 0 saturated heterocycles. The summed E-state index contributed by atoms with van der Waals surface area (Å²) >= 11 is 0. The molecule has 0 bridgehead atoms. The molecule has 24 heavy (non-hydrogen) atoms. The molecule has 3 N–H and O–H groups in total. The van der Waals surface area contributed by atoms with Crippen LogP contribution in [0.15, 0.2) is 23.6 Å². The monoisotopic (exact) mass is 330 g/mol. The van der Waals surface area contributed by atoms with E-state index in [0.29, 0.717) is 28.5 Å². The predicted molar refractivity (Wildman–Crippen MR) is 98.6 cm³/mol. The van der Waals surface area contributed by atoms with Crippen LogP contribution in [0, 0.1) is 34.5 Å². The summed E-state index contributed by atoms with van der Waals surface area (Å²) in [7, 11) is 4.23. The minimum Gasteiger partial charge on any atom is -0.513 e. The number of nitrogens with one attached hydrogen (secondary N) is 2. The third-order valence-corrected chi connectivity index (χ3v) is 8.53. The van der Waals surface area contributed by atoms with E-state index in [9.17, 15) is 5.11 Å². The van der Waals surface area contributed by atoms with Gasteiger partial charge in [-0.05, 0) is 74.3 Å². The maximum atomic E-state index is 10.1. The predicted octanol–water partition coefficient (Wildman–Crippen LogP) is 3.99. The lowest BCUT2D eigenvalue weighted by atomic mass is 9.44. The number of aliphatic hydroxyl groups excluding tert-OH is 1. The smallest absolute Gasteiger partial charge is 0.0886 e. The molecule has 0 spiro atoms. The topological polar surface area (TPSA) is 44.3 Å². The highest BCUT2D eigenvalue weighted by molar-refractivity contribution is 5.26. The second-order valence-electron chi connectivity index (χ2n) is 9.25. The molecule has 4 aliphatic carbocycles. The van der Waals surface area contributed by atoms with Crippen molar-refractivity contribution in [2.75, 3.05) is 14.1 Å². The highest BCUT2D eigenvalue weighted by Gasteiger charge is 2.60. The zero-order valence-electron chi connectivity index (χ0n) is 15.7. The van der Waals surface area contributed by atoms with Gasteiger partial charge in [0, 0.05) is 30.6 Å². The van der Waals surface area contributed by atoms with Crippen LogP contribution in [0.2, 0.25) is 0 Å². The SMILES string of the molecule is CNC1=CC[C@H]2[C@@H]3[C@@H](NC)C[C@@H]4C=C(O)CC[C@]4(C)[C@H]3CC[C@]12C. The Bertz CT molecular complexity index is 582. The van der Waals surface area contributed by atoms with Gasteiger partial charge in [0.1, 0.15) is 0 Å². The second kappa shape index (κ2) is 5.52. The molecule has 4 rings (SSSR count). The summed E-state index contributed by atoms with van der Waals surface area (Å²) in [4.78, 5) is 0.